The van der Waals surface area contributed by atoms with Crippen LogP contribution in [0.25, 0.3) is 0 Å². The van der Waals surface area contributed by atoms with Gasteiger partial charge in [0.2, 0.25) is 5.91 Å². The Morgan fingerprint density at radius 2 is 1.45 bits per heavy atom. The maximum absolute atomic E-state index is 12.0. The molecule has 0 saturated heterocycles. The summed E-state index contributed by atoms with van der Waals surface area (Å²) in [6.07, 6.45) is -3.55. The van der Waals surface area contributed by atoms with Gasteiger partial charge in [-0.05, 0) is 38.1 Å². The lowest BCUT2D eigenvalue weighted by Crippen LogP contribution is -2.29. The fourth-order valence-corrected chi connectivity index (χ4v) is 1.28. The van der Waals surface area contributed by atoms with Crippen molar-refractivity contribution in [3.63, 3.8) is 0 Å². The van der Waals surface area contributed by atoms with E-state index in [1.54, 1.807) is 19.2 Å². The number of anilines is 2. The van der Waals surface area contributed by atoms with E-state index < -0.39 is 12.1 Å². The molecule has 0 atom stereocenters. The van der Waals surface area contributed by atoms with Gasteiger partial charge in [-0.15, -0.1) is 0 Å². The molecule has 0 saturated carbocycles. The van der Waals surface area contributed by atoms with Gasteiger partial charge in [-0.2, -0.15) is 13.2 Å². The van der Waals surface area contributed by atoms with Gasteiger partial charge < -0.3 is 10.6 Å². The lowest BCUT2D eigenvalue weighted by molar-refractivity contribution is -0.167. The molecule has 0 fully saturated rings. The van der Waals surface area contributed by atoms with Gasteiger partial charge in [-0.3, -0.25) is 9.59 Å². The standard InChI is InChI=1S/C13H13F3N2O2/c1-8(2)7-11(19)17-9-3-5-10(6-4-9)18-12(20)13(14,15)16/h3-7H,1-2H3,(H,17,19)(H,18,20). The Morgan fingerprint density at radius 1 is 1.00 bits per heavy atom. The molecule has 0 aromatic heterocycles. The number of allylic oxidation sites excluding steroid dienone is 1. The third kappa shape index (κ3) is 5.13. The van der Waals surface area contributed by atoms with Gasteiger partial charge >= 0.3 is 12.1 Å². The summed E-state index contributed by atoms with van der Waals surface area (Å²) in [5.74, 6) is -2.38. The van der Waals surface area contributed by atoms with Crippen molar-refractivity contribution in [2.45, 2.75) is 20.0 Å². The van der Waals surface area contributed by atoms with Crippen LogP contribution in [0.3, 0.4) is 0 Å². The number of rotatable bonds is 3. The monoisotopic (exact) mass is 286 g/mol. The number of carbonyl (C=O) groups excluding carboxylic acids is 2. The van der Waals surface area contributed by atoms with Crippen molar-refractivity contribution in [3.05, 3.63) is 35.9 Å². The highest BCUT2D eigenvalue weighted by Crippen LogP contribution is 2.19. The molecule has 0 aliphatic heterocycles. The van der Waals surface area contributed by atoms with Crippen molar-refractivity contribution in [1.82, 2.24) is 0 Å². The molecule has 0 aliphatic carbocycles. The van der Waals surface area contributed by atoms with Crippen LogP contribution in [0.5, 0.6) is 0 Å². The van der Waals surface area contributed by atoms with Gasteiger partial charge in [0.1, 0.15) is 0 Å². The van der Waals surface area contributed by atoms with Crippen molar-refractivity contribution in [2.24, 2.45) is 0 Å². The van der Waals surface area contributed by atoms with Crippen molar-refractivity contribution in [2.75, 3.05) is 10.6 Å². The van der Waals surface area contributed by atoms with Gasteiger partial charge in [0.25, 0.3) is 0 Å². The molecular weight excluding hydrogens is 273 g/mol. The number of amides is 2. The molecular formula is C13H13F3N2O2. The molecule has 4 nitrogen and oxygen atoms in total. The molecule has 7 heteroatoms. The molecule has 0 spiro atoms. The second kappa shape index (κ2) is 6.23. The second-order valence-corrected chi connectivity index (χ2v) is 4.24. The summed E-state index contributed by atoms with van der Waals surface area (Å²) < 4.78 is 36.1. The summed E-state index contributed by atoms with van der Waals surface area (Å²) in [6, 6.07) is 5.31. The minimum absolute atomic E-state index is 0.00691. The molecule has 0 heterocycles. The van der Waals surface area contributed by atoms with E-state index in [0.717, 1.165) is 5.57 Å². The van der Waals surface area contributed by atoms with E-state index in [1.807, 2.05) is 0 Å². The Morgan fingerprint density at radius 3 is 1.85 bits per heavy atom. The maximum Gasteiger partial charge on any atom is 0.471 e. The number of hydrogen-bond acceptors (Lipinski definition) is 2. The molecule has 2 amide bonds. The van der Waals surface area contributed by atoms with E-state index >= 15 is 0 Å². The number of carbonyl (C=O) groups is 2. The van der Waals surface area contributed by atoms with Gasteiger partial charge in [-0.25, -0.2) is 0 Å². The van der Waals surface area contributed by atoms with Crippen LogP contribution in [0.15, 0.2) is 35.9 Å². The molecule has 1 aromatic rings. The topological polar surface area (TPSA) is 58.2 Å². The van der Waals surface area contributed by atoms with Crippen LogP contribution in [-0.4, -0.2) is 18.0 Å². The number of nitrogens with one attached hydrogen (secondary N) is 2. The highest BCUT2D eigenvalue weighted by Gasteiger charge is 2.38. The minimum Gasteiger partial charge on any atom is -0.323 e. The summed E-state index contributed by atoms with van der Waals surface area (Å²) in [7, 11) is 0. The lowest BCUT2D eigenvalue weighted by Gasteiger charge is -2.08. The Bertz CT molecular complexity index is 530. The first-order valence-corrected chi connectivity index (χ1v) is 5.62. The molecule has 1 aromatic carbocycles. The van der Waals surface area contributed by atoms with E-state index in [9.17, 15) is 22.8 Å². The predicted molar refractivity (Wildman–Crippen MR) is 69.2 cm³/mol. The molecule has 2 N–H and O–H groups in total. The van der Waals surface area contributed by atoms with E-state index in [1.165, 1.54) is 30.3 Å². The third-order valence-electron chi connectivity index (χ3n) is 2.09. The van der Waals surface area contributed by atoms with Crippen molar-refractivity contribution >= 4 is 23.2 Å². The van der Waals surface area contributed by atoms with E-state index in [0.29, 0.717) is 5.69 Å². The first-order valence-electron chi connectivity index (χ1n) is 5.62. The normalized spacial score (nSPS) is 10.7. The Hall–Kier alpha value is -2.31. The zero-order valence-corrected chi connectivity index (χ0v) is 10.8. The number of benzene rings is 1. The highest BCUT2D eigenvalue weighted by atomic mass is 19.4. The van der Waals surface area contributed by atoms with Crippen LogP contribution in [0.1, 0.15) is 13.8 Å². The lowest BCUT2D eigenvalue weighted by atomic mass is 10.2. The number of halogens is 3. The summed E-state index contributed by atoms with van der Waals surface area (Å²) in [4.78, 5) is 22.1. The number of hydrogen-bond donors (Lipinski definition) is 2. The molecule has 0 aliphatic rings. The third-order valence-corrected chi connectivity index (χ3v) is 2.09. The predicted octanol–water partition coefficient (Wildman–Crippen LogP) is 3.09. The van der Waals surface area contributed by atoms with Gasteiger partial charge in [0.15, 0.2) is 0 Å². The molecule has 0 bridgehead atoms. The Kier molecular flexibility index (Phi) is 4.90. The van der Waals surface area contributed by atoms with Crippen LogP contribution >= 0.6 is 0 Å². The summed E-state index contributed by atoms with van der Waals surface area (Å²) in [5, 5.41) is 4.24. The SMILES string of the molecule is CC(C)=CC(=O)Nc1ccc(NC(=O)C(F)(F)F)cc1. The smallest absolute Gasteiger partial charge is 0.323 e. The molecule has 20 heavy (non-hydrogen) atoms. The van der Waals surface area contributed by atoms with Crippen LogP contribution in [0.2, 0.25) is 0 Å². The highest BCUT2D eigenvalue weighted by molar-refractivity contribution is 6.00. The van der Waals surface area contributed by atoms with Gasteiger partial charge in [-0.1, -0.05) is 5.57 Å². The van der Waals surface area contributed by atoms with E-state index in [2.05, 4.69) is 5.32 Å². The minimum atomic E-state index is -4.93. The van der Waals surface area contributed by atoms with Crippen LogP contribution in [-0.2, 0) is 9.59 Å². The van der Waals surface area contributed by atoms with E-state index in [-0.39, 0.29) is 11.6 Å². The van der Waals surface area contributed by atoms with Crippen LogP contribution in [0.4, 0.5) is 24.5 Å². The van der Waals surface area contributed by atoms with Gasteiger partial charge in [0.05, 0.1) is 0 Å². The van der Waals surface area contributed by atoms with Crippen molar-refractivity contribution in [3.8, 4) is 0 Å². The van der Waals surface area contributed by atoms with Crippen molar-refractivity contribution in [1.29, 1.82) is 0 Å². The van der Waals surface area contributed by atoms with Crippen molar-refractivity contribution < 1.29 is 22.8 Å². The first kappa shape index (κ1) is 15.7. The fraction of sp³-hybridized carbons (Fsp3) is 0.231. The first-order chi connectivity index (χ1) is 9.18. The zero-order chi connectivity index (χ0) is 15.3. The van der Waals surface area contributed by atoms with Gasteiger partial charge in [0, 0.05) is 17.5 Å². The van der Waals surface area contributed by atoms with Crippen LogP contribution < -0.4 is 10.6 Å². The number of alkyl halides is 3. The Balaban J connectivity index is 2.68. The maximum atomic E-state index is 12.0. The molecule has 0 unspecified atom stereocenters. The average molecular weight is 286 g/mol. The summed E-state index contributed by atoms with van der Waals surface area (Å²) in [5.41, 5.74) is 1.22. The summed E-state index contributed by atoms with van der Waals surface area (Å²) >= 11 is 0. The average Bonchev–Trinajstić information content (AvgIpc) is 2.29. The van der Waals surface area contributed by atoms with E-state index in [4.69, 9.17) is 0 Å². The molecule has 0 radical (unpaired) electrons. The molecule has 1 rings (SSSR count). The Labute approximate surface area is 113 Å². The largest absolute Gasteiger partial charge is 0.471 e. The van der Waals surface area contributed by atoms with Crippen LogP contribution in [0, 0.1) is 0 Å². The molecule has 108 valence electrons. The quantitative estimate of drug-likeness (QED) is 0.839. The summed E-state index contributed by atoms with van der Waals surface area (Å²) in [6.45, 7) is 3.52. The second-order valence-electron chi connectivity index (χ2n) is 4.24. The zero-order valence-electron chi connectivity index (χ0n) is 10.8. The fourth-order valence-electron chi connectivity index (χ4n) is 1.28.